The van der Waals surface area contributed by atoms with Crippen molar-refractivity contribution in [2.45, 2.75) is 6.42 Å². The first-order chi connectivity index (χ1) is 10.1. The summed E-state index contributed by atoms with van der Waals surface area (Å²) in [5.41, 5.74) is 2.52. The van der Waals surface area contributed by atoms with Crippen LogP contribution >= 0.6 is 39.1 Å². The highest BCUT2D eigenvalue weighted by Gasteiger charge is 2.13. The third-order valence-electron chi connectivity index (χ3n) is 3.17. The Kier molecular flexibility index (Phi) is 4.20. The standard InChI is InChI=1S/C15H10BrCl2FN2/c16-11-8-10(2-3-12(11)19)21-14-7-9(18)1-4-13(14)20-15(21)5-6-17/h1-4,7-8H,5-6H2. The third-order valence-corrected chi connectivity index (χ3v) is 4.20. The van der Waals surface area contributed by atoms with Crippen LogP contribution in [0.5, 0.6) is 0 Å². The summed E-state index contributed by atoms with van der Waals surface area (Å²) in [6.07, 6.45) is 0.614. The summed E-state index contributed by atoms with van der Waals surface area (Å²) < 4.78 is 15.8. The molecule has 0 radical (unpaired) electrons. The molecular formula is C15H10BrCl2FN2. The average Bonchev–Trinajstić information content (AvgIpc) is 2.80. The maximum atomic E-state index is 13.5. The fraction of sp³-hybridized carbons (Fsp3) is 0.133. The van der Waals surface area contributed by atoms with E-state index in [4.69, 9.17) is 23.2 Å². The second kappa shape index (κ2) is 5.95. The van der Waals surface area contributed by atoms with E-state index in [1.807, 2.05) is 16.7 Å². The van der Waals surface area contributed by atoms with Gasteiger partial charge < -0.3 is 0 Å². The number of imidazole rings is 1. The number of fused-ring (bicyclic) bond motifs is 1. The van der Waals surface area contributed by atoms with E-state index in [-0.39, 0.29) is 5.82 Å². The summed E-state index contributed by atoms with van der Waals surface area (Å²) in [7, 11) is 0. The zero-order chi connectivity index (χ0) is 15.0. The van der Waals surface area contributed by atoms with Gasteiger partial charge in [-0.25, -0.2) is 9.37 Å². The number of nitrogens with zero attached hydrogens (tertiary/aromatic N) is 2. The van der Waals surface area contributed by atoms with Gasteiger partial charge in [0.2, 0.25) is 0 Å². The second-order valence-electron chi connectivity index (χ2n) is 4.53. The quantitative estimate of drug-likeness (QED) is 0.553. The summed E-state index contributed by atoms with van der Waals surface area (Å²) in [4.78, 5) is 4.58. The van der Waals surface area contributed by atoms with Crippen molar-refractivity contribution in [3.8, 4) is 5.69 Å². The fourth-order valence-corrected chi connectivity index (χ4v) is 2.96. The largest absolute Gasteiger partial charge is 0.296 e. The van der Waals surface area contributed by atoms with E-state index >= 15 is 0 Å². The minimum atomic E-state index is -0.305. The SMILES string of the molecule is Fc1ccc(-n2c(CCCl)nc3ccc(Cl)cc32)cc1Br. The summed E-state index contributed by atoms with van der Waals surface area (Å²) in [6, 6.07) is 10.4. The number of alkyl halides is 1. The van der Waals surface area contributed by atoms with Crippen molar-refractivity contribution in [1.82, 2.24) is 9.55 Å². The van der Waals surface area contributed by atoms with E-state index < -0.39 is 0 Å². The predicted octanol–water partition coefficient (Wildman–Crippen LogP) is 5.36. The number of aryl methyl sites for hydroxylation is 1. The molecule has 0 N–H and O–H groups in total. The van der Waals surface area contributed by atoms with Gasteiger partial charge in [0.25, 0.3) is 0 Å². The number of benzene rings is 2. The Labute approximate surface area is 139 Å². The van der Waals surface area contributed by atoms with Gasteiger partial charge >= 0.3 is 0 Å². The molecule has 0 saturated carbocycles. The first-order valence-electron chi connectivity index (χ1n) is 6.28. The average molecular weight is 388 g/mol. The summed E-state index contributed by atoms with van der Waals surface area (Å²) >= 11 is 15.2. The van der Waals surface area contributed by atoms with Gasteiger partial charge in [-0.1, -0.05) is 11.6 Å². The van der Waals surface area contributed by atoms with Crippen molar-refractivity contribution in [2.75, 3.05) is 5.88 Å². The maximum absolute atomic E-state index is 13.5. The molecule has 0 aliphatic rings. The zero-order valence-electron chi connectivity index (χ0n) is 10.8. The molecule has 0 aliphatic carbocycles. The molecule has 2 aromatic carbocycles. The van der Waals surface area contributed by atoms with Crippen LogP contribution in [0.2, 0.25) is 5.02 Å². The van der Waals surface area contributed by atoms with Crippen LogP contribution in [0, 0.1) is 5.82 Å². The number of hydrogen-bond donors (Lipinski definition) is 0. The molecular weight excluding hydrogens is 378 g/mol. The van der Waals surface area contributed by atoms with Crippen molar-refractivity contribution < 1.29 is 4.39 Å². The van der Waals surface area contributed by atoms with Gasteiger partial charge in [-0.3, -0.25) is 4.57 Å². The van der Waals surface area contributed by atoms with Crippen molar-refractivity contribution >= 4 is 50.2 Å². The Morgan fingerprint density at radius 3 is 2.71 bits per heavy atom. The molecule has 21 heavy (non-hydrogen) atoms. The van der Waals surface area contributed by atoms with Crippen LogP contribution in [-0.2, 0) is 6.42 Å². The van der Waals surface area contributed by atoms with Crippen molar-refractivity contribution in [2.24, 2.45) is 0 Å². The first kappa shape index (κ1) is 14.8. The highest BCUT2D eigenvalue weighted by atomic mass is 79.9. The lowest BCUT2D eigenvalue weighted by Crippen LogP contribution is -2.02. The summed E-state index contributed by atoms with van der Waals surface area (Å²) in [6.45, 7) is 0. The highest BCUT2D eigenvalue weighted by Crippen LogP contribution is 2.27. The van der Waals surface area contributed by atoms with Gasteiger partial charge in [-0.05, 0) is 52.3 Å². The predicted molar refractivity (Wildman–Crippen MR) is 88.2 cm³/mol. The zero-order valence-corrected chi connectivity index (χ0v) is 13.9. The number of aromatic nitrogens is 2. The lowest BCUT2D eigenvalue weighted by Gasteiger charge is -2.09. The van der Waals surface area contributed by atoms with Crippen LogP contribution < -0.4 is 0 Å². The monoisotopic (exact) mass is 386 g/mol. The van der Waals surface area contributed by atoms with E-state index in [0.29, 0.717) is 21.8 Å². The van der Waals surface area contributed by atoms with E-state index in [2.05, 4.69) is 20.9 Å². The van der Waals surface area contributed by atoms with Crippen LogP contribution in [0.15, 0.2) is 40.9 Å². The smallest absolute Gasteiger partial charge is 0.137 e. The molecule has 0 fully saturated rings. The normalized spacial score (nSPS) is 11.2. The number of hydrogen-bond acceptors (Lipinski definition) is 1. The minimum absolute atomic E-state index is 0.305. The second-order valence-corrected chi connectivity index (χ2v) is 6.20. The number of halogens is 4. The molecule has 0 saturated heterocycles. The van der Waals surface area contributed by atoms with Gasteiger partial charge in [0.15, 0.2) is 0 Å². The molecule has 0 spiro atoms. The maximum Gasteiger partial charge on any atom is 0.137 e. The Morgan fingerprint density at radius 2 is 2.00 bits per heavy atom. The van der Waals surface area contributed by atoms with E-state index in [1.54, 1.807) is 18.2 Å². The van der Waals surface area contributed by atoms with E-state index in [1.165, 1.54) is 6.07 Å². The van der Waals surface area contributed by atoms with Crippen molar-refractivity contribution in [1.29, 1.82) is 0 Å². The number of rotatable bonds is 3. The van der Waals surface area contributed by atoms with E-state index in [0.717, 1.165) is 22.5 Å². The summed E-state index contributed by atoms with van der Waals surface area (Å²) in [5.74, 6) is 0.972. The van der Waals surface area contributed by atoms with Crippen LogP contribution in [0.3, 0.4) is 0 Å². The van der Waals surface area contributed by atoms with Crippen molar-refractivity contribution in [3.05, 3.63) is 57.5 Å². The van der Waals surface area contributed by atoms with Crippen LogP contribution in [0.1, 0.15) is 5.82 Å². The Morgan fingerprint density at radius 1 is 1.19 bits per heavy atom. The molecule has 0 aliphatic heterocycles. The van der Waals surface area contributed by atoms with Gasteiger partial charge in [0, 0.05) is 23.0 Å². The van der Waals surface area contributed by atoms with Gasteiger partial charge in [0.1, 0.15) is 11.6 Å². The fourth-order valence-electron chi connectivity index (χ4n) is 2.26. The molecule has 0 unspecified atom stereocenters. The first-order valence-corrected chi connectivity index (χ1v) is 7.99. The van der Waals surface area contributed by atoms with Crippen molar-refractivity contribution in [3.63, 3.8) is 0 Å². The topological polar surface area (TPSA) is 17.8 Å². The molecule has 1 heterocycles. The van der Waals surface area contributed by atoms with E-state index in [9.17, 15) is 4.39 Å². The molecule has 0 atom stereocenters. The molecule has 0 bridgehead atoms. The summed E-state index contributed by atoms with van der Waals surface area (Å²) in [5, 5.41) is 0.627. The Bertz CT molecular complexity index is 817. The minimum Gasteiger partial charge on any atom is -0.296 e. The molecule has 1 aromatic heterocycles. The van der Waals surface area contributed by atoms with Gasteiger partial charge in [0.05, 0.1) is 15.5 Å². The molecule has 108 valence electrons. The van der Waals surface area contributed by atoms with Gasteiger partial charge in [-0.2, -0.15) is 0 Å². The molecule has 3 aromatic rings. The lowest BCUT2D eigenvalue weighted by molar-refractivity contribution is 0.620. The van der Waals surface area contributed by atoms with Gasteiger partial charge in [-0.15, -0.1) is 11.6 Å². The van der Waals surface area contributed by atoms with Crippen LogP contribution in [0.4, 0.5) is 4.39 Å². The van der Waals surface area contributed by atoms with Crippen LogP contribution in [-0.4, -0.2) is 15.4 Å². The Hall–Kier alpha value is -1.10. The highest BCUT2D eigenvalue weighted by molar-refractivity contribution is 9.10. The molecule has 3 rings (SSSR count). The molecule has 2 nitrogen and oxygen atoms in total. The molecule has 0 amide bonds. The van der Waals surface area contributed by atoms with Crippen LogP contribution in [0.25, 0.3) is 16.7 Å². The molecule has 6 heteroatoms. The lowest BCUT2D eigenvalue weighted by atomic mass is 10.2. The third kappa shape index (κ3) is 2.80. The Balaban J connectivity index is 2.29.